The Morgan fingerprint density at radius 2 is 1.53 bits per heavy atom. The average Bonchev–Trinajstić information content (AvgIpc) is 2.34. The highest BCUT2D eigenvalue weighted by Gasteiger charge is 2.11. The molecule has 0 aromatic rings. The molecule has 0 aliphatic heterocycles. The Hall–Kier alpha value is -0.730. The third-order valence-electron chi connectivity index (χ3n) is 3.07. The number of methoxy groups -OCH3 is 1. The van der Waals surface area contributed by atoms with Crippen molar-refractivity contribution in [3.63, 3.8) is 0 Å². The molecule has 1 unspecified atom stereocenters. The molecule has 0 aliphatic carbocycles. The first-order chi connectivity index (χ1) is 8.24. The van der Waals surface area contributed by atoms with E-state index in [2.05, 4.69) is 23.9 Å². The van der Waals surface area contributed by atoms with Gasteiger partial charge in [0.15, 0.2) is 0 Å². The molecule has 0 aromatic heterocycles. The van der Waals surface area contributed by atoms with Crippen LogP contribution in [0.5, 0.6) is 0 Å². The SMILES string of the molecule is CCCCCCC(CCCCC)NC(=O)OC. The van der Waals surface area contributed by atoms with Gasteiger partial charge in [-0.1, -0.05) is 58.8 Å². The van der Waals surface area contributed by atoms with Crippen molar-refractivity contribution in [3.8, 4) is 0 Å². The van der Waals surface area contributed by atoms with Crippen molar-refractivity contribution in [2.24, 2.45) is 0 Å². The Morgan fingerprint density at radius 3 is 2.06 bits per heavy atom. The Bertz CT molecular complexity index is 183. The van der Waals surface area contributed by atoms with Gasteiger partial charge in [0.05, 0.1) is 7.11 Å². The van der Waals surface area contributed by atoms with Gasteiger partial charge in [-0.05, 0) is 12.8 Å². The van der Waals surface area contributed by atoms with Crippen LogP contribution < -0.4 is 5.32 Å². The highest BCUT2D eigenvalue weighted by molar-refractivity contribution is 5.67. The van der Waals surface area contributed by atoms with Crippen LogP contribution in [0.15, 0.2) is 0 Å². The van der Waals surface area contributed by atoms with E-state index in [-0.39, 0.29) is 6.09 Å². The van der Waals surface area contributed by atoms with E-state index in [4.69, 9.17) is 0 Å². The summed E-state index contributed by atoms with van der Waals surface area (Å²) in [5.74, 6) is 0. The number of alkyl carbamates (subject to hydrolysis) is 1. The molecule has 3 nitrogen and oxygen atoms in total. The molecule has 0 radical (unpaired) electrons. The van der Waals surface area contributed by atoms with Gasteiger partial charge in [0.25, 0.3) is 0 Å². The number of ether oxygens (including phenoxy) is 1. The molecule has 0 spiro atoms. The standard InChI is InChI=1S/C14H29NO2/c1-4-6-8-10-12-13(11-9-7-5-2)15-14(16)17-3/h13H,4-12H2,1-3H3,(H,15,16). The van der Waals surface area contributed by atoms with Crippen LogP contribution in [0.2, 0.25) is 0 Å². The number of rotatable bonds is 10. The van der Waals surface area contributed by atoms with Crippen molar-refractivity contribution < 1.29 is 9.53 Å². The van der Waals surface area contributed by atoms with Crippen molar-refractivity contribution in [2.75, 3.05) is 7.11 Å². The summed E-state index contributed by atoms with van der Waals surface area (Å²) in [7, 11) is 1.43. The zero-order valence-electron chi connectivity index (χ0n) is 11.8. The Kier molecular flexibility index (Phi) is 11.2. The lowest BCUT2D eigenvalue weighted by Crippen LogP contribution is -2.34. The summed E-state index contributed by atoms with van der Waals surface area (Å²) >= 11 is 0. The molecule has 0 heterocycles. The first-order valence-corrected chi connectivity index (χ1v) is 7.09. The monoisotopic (exact) mass is 243 g/mol. The number of amides is 1. The minimum absolute atomic E-state index is 0.290. The number of carbonyl (C=O) groups is 1. The van der Waals surface area contributed by atoms with Gasteiger partial charge >= 0.3 is 6.09 Å². The van der Waals surface area contributed by atoms with Crippen LogP contribution in [0.1, 0.15) is 71.6 Å². The number of hydrogen-bond donors (Lipinski definition) is 1. The Morgan fingerprint density at radius 1 is 1.00 bits per heavy atom. The van der Waals surface area contributed by atoms with Crippen LogP contribution in [0.3, 0.4) is 0 Å². The minimum atomic E-state index is -0.290. The van der Waals surface area contributed by atoms with E-state index in [9.17, 15) is 4.79 Å². The van der Waals surface area contributed by atoms with Gasteiger partial charge in [0.1, 0.15) is 0 Å². The fraction of sp³-hybridized carbons (Fsp3) is 0.929. The molecule has 1 N–H and O–H groups in total. The summed E-state index contributed by atoms with van der Waals surface area (Å²) < 4.78 is 4.66. The van der Waals surface area contributed by atoms with Crippen LogP contribution in [-0.4, -0.2) is 19.2 Å². The predicted molar refractivity (Wildman–Crippen MR) is 72.2 cm³/mol. The van der Waals surface area contributed by atoms with E-state index >= 15 is 0 Å². The van der Waals surface area contributed by atoms with Crippen LogP contribution in [0.4, 0.5) is 4.79 Å². The van der Waals surface area contributed by atoms with Gasteiger partial charge < -0.3 is 10.1 Å². The molecule has 0 aliphatic rings. The third kappa shape index (κ3) is 10.2. The van der Waals surface area contributed by atoms with Crippen molar-refractivity contribution in [1.82, 2.24) is 5.32 Å². The molecule has 1 atom stereocenters. The maximum absolute atomic E-state index is 11.2. The number of unbranched alkanes of at least 4 members (excludes halogenated alkanes) is 5. The van der Waals surface area contributed by atoms with E-state index in [1.54, 1.807) is 0 Å². The van der Waals surface area contributed by atoms with Crippen molar-refractivity contribution >= 4 is 6.09 Å². The second kappa shape index (κ2) is 11.7. The maximum Gasteiger partial charge on any atom is 0.407 e. The summed E-state index contributed by atoms with van der Waals surface area (Å²) in [6, 6.07) is 0.297. The molecular weight excluding hydrogens is 214 g/mol. The highest BCUT2D eigenvalue weighted by atomic mass is 16.5. The van der Waals surface area contributed by atoms with Gasteiger partial charge in [-0.2, -0.15) is 0 Å². The topological polar surface area (TPSA) is 38.3 Å². The summed E-state index contributed by atoms with van der Waals surface area (Å²) in [4.78, 5) is 11.2. The van der Waals surface area contributed by atoms with Gasteiger partial charge in [0.2, 0.25) is 0 Å². The summed E-state index contributed by atoms with van der Waals surface area (Å²) in [6.07, 6.45) is 10.5. The Balaban J connectivity index is 3.79. The predicted octanol–water partition coefficient (Wildman–Crippen LogP) is 4.26. The molecule has 3 heteroatoms. The zero-order chi connectivity index (χ0) is 12.9. The van der Waals surface area contributed by atoms with Crippen LogP contribution in [-0.2, 0) is 4.74 Å². The molecule has 0 saturated heterocycles. The largest absolute Gasteiger partial charge is 0.453 e. The summed E-state index contributed by atoms with van der Waals surface area (Å²) in [5, 5.41) is 2.94. The van der Waals surface area contributed by atoms with Gasteiger partial charge in [-0.15, -0.1) is 0 Å². The normalized spacial score (nSPS) is 12.2. The number of carbonyl (C=O) groups excluding carboxylic acids is 1. The third-order valence-corrected chi connectivity index (χ3v) is 3.07. The van der Waals surface area contributed by atoms with Crippen LogP contribution in [0.25, 0.3) is 0 Å². The fourth-order valence-electron chi connectivity index (χ4n) is 1.97. The molecule has 0 rings (SSSR count). The first-order valence-electron chi connectivity index (χ1n) is 7.09. The fourth-order valence-corrected chi connectivity index (χ4v) is 1.97. The van der Waals surface area contributed by atoms with E-state index in [1.165, 1.54) is 52.1 Å². The smallest absolute Gasteiger partial charge is 0.407 e. The lowest BCUT2D eigenvalue weighted by molar-refractivity contribution is 0.164. The molecule has 0 aromatic carbocycles. The lowest BCUT2D eigenvalue weighted by Gasteiger charge is -2.17. The van der Waals surface area contributed by atoms with Gasteiger partial charge in [0, 0.05) is 6.04 Å². The molecule has 102 valence electrons. The van der Waals surface area contributed by atoms with Crippen molar-refractivity contribution in [2.45, 2.75) is 77.7 Å². The first kappa shape index (κ1) is 16.3. The van der Waals surface area contributed by atoms with Gasteiger partial charge in [-0.3, -0.25) is 0 Å². The van der Waals surface area contributed by atoms with E-state index in [0.29, 0.717) is 6.04 Å². The van der Waals surface area contributed by atoms with Crippen LogP contribution >= 0.6 is 0 Å². The minimum Gasteiger partial charge on any atom is -0.453 e. The van der Waals surface area contributed by atoms with E-state index in [0.717, 1.165) is 12.8 Å². The molecule has 0 bridgehead atoms. The highest BCUT2D eigenvalue weighted by Crippen LogP contribution is 2.11. The lowest BCUT2D eigenvalue weighted by atomic mass is 10.0. The van der Waals surface area contributed by atoms with Gasteiger partial charge in [-0.25, -0.2) is 4.79 Å². The Labute approximate surface area is 106 Å². The van der Waals surface area contributed by atoms with Crippen molar-refractivity contribution in [3.05, 3.63) is 0 Å². The molecular formula is C14H29NO2. The molecule has 0 saturated carbocycles. The second-order valence-corrected chi connectivity index (χ2v) is 4.68. The van der Waals surface area contributed by atoms with E-state index < -0.39 is 0 Å². The second-order valence-electron chi connectivity index (χ2n) is 4.68. The van der Waals surface area contributed by atoms with Crippen LogP contribution in [0, 0.1) is 0 Å². The maximum atomic E-state index is 11.2. The number of hydrogen-bond acceptors (Lipinski definition) is 2. The van der Waals surface area contributed by atoms with Crippen molar-refractivity contribution in [1.29, 1.82) is 0 Å². The average molecular weight is 243 g/mol. The summed E-state index contributed by atoms with van der Waals surface area (Å²) in [5.41, 5.74) is 0. The summed E-state index contributed by atoms with van der Waals surface area (Å²) in [6.45, 7) is 4.41. The molecule has 17 heavy (non-hydrogen) atoms. The van der Waals surface area contributed by atoms with E-state index in [1.807, 2.05) is 0 Å². The quantitative estimate of drug-likeness (QED) is 0.582. The number of nitrogens with one attached hydrogen (secondary N) is 1. The molecule has 1 amide bonds. The zero-order valence-corrected chi connectivity index (χ0v) is 11.8. The molecule has 0 fully saturated rings.